The van der Waals surface area contributed by atoms with Gasteiger partial charge in [0.25, 0.3) is 21.8 Å². The van der Waals surface area contributed by atoms with E-state index in [4.69, 9.17) is 20.3 Å². The first-order valence-corrected chi connectivity index (χ1v) is 22.6. The van der Waals surface area contributed by atoms with E-state index >= 15 is 0 Å². The lowest BCUT2D eigenvalue weighted by Crippen LogP contribution is -2.54. The number of sulfonamides is 1. The zero-order chi connectivity index (χ0) is 46.9. The van der Waals surface area contributed by atoms with Crippen LogP contribution in [0.1, 0.15) is 84.3 Å². The lowest BCUT2D eigenvalue weighted by Gasteiger charge is -2.27. The van der Waals surface area contributed by atoms with Crippen LogP contribution in [0.3, 0.4) is 0 Å². The molecular weight excluding hydrogens is 884 g/mol. The number of piperidine rings is 1. The Morgan fingerprint density at radius 2 is 1.68 bits per heavy atom. The van der Waals surface area contributed by atoms with Gasteiger partial charge in [-0.25, -0.2) is 17.8 Å². The van der Waals surface area contributed by atoms with Crippen LogP contribution < -0.4 is 25.2 Å². The molecule has 5 heterocycles. The number of hydrogen-bond donors (Lipinski definition) is 3. The Balaban J connectivity index is 0.892. The number of halogens is 3. The van der Waals surface area contributed by atoms with Crippen LogP contribution in [0.5, 0.6) is 11.5 Å². The highest BCUT2D eigenvalue weighted by Gasteiger charge is 2.46. The number of nitrogens with two attached hydrogens (primary N) is 1. The molecule has 3 aromatic carbocycles. The molecule has 1 fully saturated rings. The summed E-state index contributed by atoms with van der Waals surface area (Å²) >= 11 is 0. The number of imide groups is 2. The van der Waals surface area contributed by atoms with Crippen molar-refractivity contribution >= 4 is 56.1 Å². The van der Waals surface area contributed by atoms with E-state index in [1.807, 2.05) is 15.6 Å². The molecule has 344 valence electrons. The van der Waals surface area contributed by atoms with Gasteiger partial charge in [0.1, 0.15) is 41.0 Å². The fourth-order valence-corrected chi connectivity index (χ4v) is 8.67. The molecule has 4 amide bonds. The van der Waals surface area contributed by atoms with Gasteiger partial charge >= 0.3 is 5.76 Å². The number of alkyl halides is 2. The van der Waals surface area contributed by atoms with Gasteiger partial charge in [0, 0.05) is 49.1 Å². The molecule has 0 saturated carbocycles. The zero-order valence-corrected chi connectivity index (χ0v) is 36.5. The Labute approximate surface area is 376 Å². The lowest BCUT2D eigenvalue weighted by atomic mass is 10.0. The van der Waals surface area contributed by atoms with E-state index in [9.17, 15) is 40.8 Å². The van der Waals surface area contributed by atoms with Crippen molar-refractivity contribution in [1.82, 2.24) is 34.8 Å². The van der Waals surface area contributed by atoms with E-state index in [1.54, 1.807) is 43.2 Å². The monoisotopic (exact) mass is 927 g/mol. The van der Waals surface area contributed by atoms with Crippen molar-refractivity contribution in [2.24, 2.45) is 7.05 Å². The number of aryl methyl sites for hydroxylation is 2. The first-order valence-electron chi connectivity index (χ1n) is 21.1. The number of amides is 4. The third kappa shape index (κ3) is 9.15. The van der Waals surface area contributed by atoms with Crippen molar-refractivity contribution in [2.75, 3.05) is 17.1 Å². The molecule has 1 unspecified atom stereocenters. The molecule has 4 N–H and O–H groups in total. The third-order valence-corrected chi connectivity index (χ3v) is 12.4. The second kappa shape index (κ2) is 18.7. The highest BCUT2D eigenvalue weighted by Crippen LogP contribution is 2.41. The van der Waals surface area contributed by atoms with Crippen LogP contribution in [-0.4, -0.2) is 79.9 Å². The number of carbonyl (C=O) groups is 4. The molecule has 6 aromatic rings. The summed E-state index contributed by atoms with van der Waals surface area (Å²) in [6, 6.07) is 13.4. The summed E-state index contributed by atoms with van der Waals surface area (Å²) in [5.41, 5.74) is 9.91. The summed E-state index contributed by atoms with van der Waals surface area (Å²) in [4.78, 5) is 55.9. The number of ether oxygens (including phenoxy) is 2. The second-order valence-corrected chi connectivity index (χ2v) is 17.6. The molecule has 21 heteroatoms. The number of fused-ring (bicyclic) bond motifs is 2. The van der Waals surface area contributed by atoms with Crippen LogP contribution in [0.15, 0.2) is 79.3 Å². The number of anilines is 2. The molecular formula is C45H44F3N9O8S. The fourth-order valence-electron chi connectivity index (χ4n) is 8.11. The van der Waals surface area contributed by atoms with Gasteiger partial charge in [0.05, 0.1) is 40.5 Å². The normalized spacial score (nSPS) is 15.7. The Morgan fingerprint density at radius 1 is 0.924 bits per heavy atom. The van der Waals surface area contributed by atoms with Crippen molar-refractivity contribution in [3.8, 4) is 33.9 Å². The average molecular weight is 928 g/mol. The maximum absolute atomic E-state index is 13.6. The minimum absolute atomic E-state index is 0.0331. The van der Waals surface area contributed by atoms with Gasteiger partial charge in [-0.3, -0.25) is 43.5 Å². The lowest BCUT2D eigenvalue weighted by molar-refractivity contribution is -0.136. The van der Waals surface area contributed by atoms with Gasteiger partial charge in [-0.05, 0) is 68.1 Å². The molecule has 17 nitrogen and oxygen atoms in total. The zero-order valence-electron chi connectivity index (χ0n) is 35.7. The standard InChI is InChI=1S/C45H44F3N9O8S/c1-25(26-11-14-29(46)15-12-26)65-35-21-27(13-16-32(35)54-66(62,63)45(47)48)39-38-40(55(2)53-39)31(23-50-41(38)49)28-22-51-56(24-28)19-6-4-3-5-7-20-64-34-10-8-9-30-37(34)44(61)57(43(30)60)33-17-18-36(58)52-42(33)59/h8-16,21-25,33,45,54H,3-7,17-20H2,1-2H3,(H2,49,50)(H,52,58,59)/t25-,33?/m0/s1. The van der Waals surface area contributed by atoms with Crippen molar-refractivity contribution in [1.29, 1.82) is 0 Å². The summed E-state index contributed by atoms with van der Waals surface area (Å²) in [7, 11) is -3.34. The predicted molar refractivity (Wildman–Crippen MR) is 235 cm³/mol. The number of nitrogen functional groups attached to an aromatic ring is 1. The van der Waals surface area contributed by atoms with Gasteiger partial charge in [0.2, 0.25) is 11.8 Å². The van der Waals surface area contributed by atoms with Crippen molar-refractivity contribution in [3.63, 3.8) is 0 Å². The molecule has 2 aliphatic heterocycles. The first-order chi connectivity index (χ1) is 31.6. The Hall–Kier alpha value is -7.29. The Kier molecular flexibility index (Phi) is 12.8. The van der Waals surface area contributed by atoms with Gasteiger partial charge in [0.15, 0.2) is 0 Å². The topological polar surface area (TPSA) is 223 Å². The Morgan fingerprint density at radius 3 is 2.44 bits per heavy atom. The number of pyridine rings is 1. The largest absolute Gasteiger partial charge is 0.493 e. The van der Waals surface area contributed by atoms with Crippen LogP contribution in [-0.2, 0) is 33.2 Å². The van der Waals surface area contributed by atoms with E-state index in [-0.39, 0.29) is 47.0 Å². The van der Waals surface area contributed by atoms with Gasteiger partial charge in [-0.15, -0.1) is 0 Å². The van der Waals surface area contributed by atoms with E-state index in [1.165, 1.54) is 48.5 Å². The van der Waals surface area contributed by atoms with Crippen molar-refractivity contribution < 1.29 is 50.2 Å². The smallest absolute Gasteiger partial charge is 0.355 e. The quantitative estimate of drug-likeness (QED) is 0.0601. The number of benzene rings is 3. The van der Waals surface area contributed by atoms with Crippen LogP contribution in [0.25, 0.3) is 33.3 Å². The number of nitrogens with zero attached hydrogens (tertiary/aromatic N) is 6. The van der Waals surface area contributed by atoms with Crippen LogP contribution >= 0.6 is 0 Å². The number of unbranched alkanes of at least 4 members (excludes halogenated alkanes) is 4. The fraction of sp³-hybridized carbons (Fsp3) is 0.311. The summed E-state index contributed by atoms with van der Waals surface area (Å²) in [6.45, 7) is 2.60. The minimum atomic E-state index is -5.07. The number of nitrogens with one attached hydrogen (secondary N) is 2. The molecule has 8 rings (SSSR count). The highest BCUT2D eigenvalue weighted by molar-refractivity contribution is 7.93. The number of aromatic nitrogens is 5. The third-order valence-electron chi connectivity index (χ3n) is 11.4. The highest BCUT2D eigenvalue weighted by atomic mass is 32.2. The van der Waals surface area contributed by atoms with Crippen LogP contribution in [0.2, 0.25) is 0 Å². The van der Waals surface area contributed by atoms with Gasteiger partial charge < -0.3 is 15.2 Å². The van der Waals surface area contributed by atoms with Crippen LogP contribution in [0.4, 0.5) is 24.7 Å². The molecule has 0 radical (unpaired) electrons. The van der Waals surface area contributed by atoms with Gasteiger partial charge in [-0.1, -0.05) is 43.5 Å². The molecule has 3 aromatic heterocycles. The second-order valence-electron chi connectivity index (χ2n) is 15.9. The van der Waals surface area contributed by atoms with E-state index < -0.39 is 57.4 Å². The van der Waals surface area contributed by atoms with Gasteiger partial charge in [-0.2, -0.15) is 19.0 Å². The van der Waals surface area contributed by atoms with E-state index in [0.717, 1.165) is 36.1 Å². The molecule has 66 heavy (non-hydrogen) atoms. The Bertz CT molecular complexity index is 2980. The molecule has 0 bridgehead atoms. The number of carbonyl (C=O) groups excluding carboxylic acids is 4. The molecule has 0 spiro atoms. The number of hydrogen-bond acceptors (Lipinski definition) is 12. The van der Waals surface area contributed by atoms with Crippen molar-refractivity contribution in [3.05, 3.63) is 102 Å². The molecule has 2 aliphatic rings. The summed E-state index contributed by atoms with van der Waals surface area (Å²) in [5.74, 6) is -6.15. The summed E-state index contributed by atoms with van der Waals surface area (Å²) < 4.78 is 82.3. The number of rotatable bonds is 18. The van der Waals surface area contributed by atoms with E-state index in [2.05, 4.69) is 15.4 Å². The predicted octanol–water partition coefficient (Wildman–Crippen LogP) is 6.76. The minimum Gasteiger partial charge on any atom is -0.493 e. The van der Waals surface area contributed by atoms with Crippen LogP contribution in [0, 0.1) is 5.82 Å². The van der Waals surface area contributed by atoms with Crippen molar-refractivity contribution in [2.45, 2.75) is 76.3 Å². The molecule has 1 saturated heterocycles. The maximum Gasteiger partial charge on any atom is 0.355 e. The SMILES string of the molecule is C[C@H](Oc1cc(-c2nn(C)c3c(-c4cnn(CCCCCCCOc5cccc6c5C(=O)N(C5CCC(=O)NC5=O)C6=O)c4)cnc(N)c23)ccc1NS(=O)(=O)C(F)F)c1ccc(F)cc1. The van der Waals surface area contributed by atoms with E-state index in [0.29, 0.717) is 52.9 Å². The summed E-state index contributed by atoms with van der Waals surface area (Å²) in [5, 5.41) is 12.0. The first kappa shape index (κ1) is 45.3. The average Bonchev–Trinajstić information content (AvgIpc) is 3.97. The molecule has 2 atom stereocenters. The maximum atomic E-state index is 13.6. The molecule has 0 aliphatic carbocycles. The summed E-state index contributed by atoms with van der Waals surface area (Å²) in [6.07, 6.45) is 8.77.